The van der Waals surface area contributed by atoms with Crippen LogP contribution >= 0.6 is 0 Å². The number of halogens is 1. The van der Waals surface area contributed by atoms with Crippen molar-refractivity contribution in [3.8, 4) is 11.3 Å². The SMILES string of the molecule is C=C1NC(C)(Cc2ccccc2)C(=O)N(C)/C1=C\c1cccn2cc(-c3ccc(F)cc3)nc12.CC.CC. The Morgan fingerprint density at radius 2 is 1.66 bits per heavy atom. The predicted octanol–water partition coefficient (Wildman–Crippen LogP) is 7.11. The van der Waals surface area contributed by atoms with Crippen LogP contribution in [0.1, 0.15) is 45.7 Å². The Balaban J connectivity index is 0.000000956. The first-order chi connectivity index (χ1) is 18.3. The minimum Gasteiger partial charge on any atom is -0.370 e. The van der Waals surface area contributed by atoms with Crippen molar-refractivity contribution in [3.05, 3.63) is 114 Å². The highest BCUT2D eigenvalue weighted by molar-refractivity contribution is 5.92. The van der Waals surface area contributed by atoms with Gasteiger partial charge in [0.05, 0.1) is 17.1 Å². The maximum absolute atomic E-state index is 13.4. The molecule has 1 atom stereocenters. The molecular formula is C32H37FN4O. The topological polar surface area (TPSA) is 49.6 Å². The summed E-state index contributed by atoms with van der Waals surface area (Å²) in [5.41, 5.74) is 4.81. The fourth-order valence-corrected chi connectivity index (χ4v) is 4.49. The molecule has 38 heavy (non-hydrogen) atoms. The van der Waals surface area contributed by atoms with Gasteiger partial charge in [-0.1, -0.05) is 64.6 Å². The van der Waals surface area contributed by atoms with Crippen LogP contribution in [-0.2, 0) is 11.2 Å². The van der Waals surface area contributed by atoms with Crippen LogP contribution in [0.4, 0.5) is 4.39 Å². The molecule has 0 aliphatic carbocycles. The van der Waals surface area contributed by atoms with E-state index in [1.807, 2.05) is 100.0 Å². The zero-order valence-corrected chi connectivity index (χ0v) is 23.1. The number of nitrogens with zero attached hydrogens (tertiary/aromatic N) is 3. The lowest BCUT2D eigenvalue weighted by Gasteiger charge is -2.42. The van der Waals surface area contributed by atoms with Gasteiger partial charge in [0.1, 0.15) is 17.0 Å². The summed E-state index contributed by atoms with van der Waals surface area (Å²) in [6, 6.07) is 20.1. The maximum atomic E-state index is 13.4. The standard InChI is InChI=1S/C28H25FN4O.2C2H6/c1-19-25(32(3)27(34)28(2,31-19)17-20-8-5-4-6-9-20)16-22-10-7-15-33-18-24(30-26(22)33)21-11-13-23(29)14-12-21;2*1-2/h4-16,18,31H,1,17H2,2-3H3;2*1-2H3/b25-16-;;. The monoisotopic (exact) mass is 512 g/mol. The maximum Gasteiger partial charge on any atom is 0.252 e. The summed E-state index contributed by atoms with van der Waals surface area (Å²) in [5.74, 6) is -0.314. The number of carbonyl (C=O) groups excluding carboxylic acids is 1. The number of rotatable bonds is 4. The Morgan fingerprint density at radius 1 is 1.00 bits per heavy atom. The molecule has 1 fully saturated rings. The molecule has 1 unspecified atom stereocenters. The zero-order valence-electron chi connectivity index (χ0n) is 23.1. The van der Waals surface area contributed by atoms with Crippen molar-refractivity contribution >= 4 is 17.6 Å². The number of aromatic nitrogens is 2. The Labute approximate surface area is 225 Å². The van der Waals surface area contributed by atoms with Crippen molar-refractivity contribution in [2.24, 2.45) is 0 Å². The first-order valence-electron chi connectivity index (χ1n) is 13.1. The van der Waals surface area contributed by atoms with Gasteiger partial charge in [-0.2, -0.15) is 0 Å². The van der Waals surface area contributed by atoms with E-state index in [9.17, 15) is 9.18 Å². The largest absolute Gasteiger partial charge is 0.370 e. The van der Waals surface area contributed by atoms with Crippen LogP contribution in [0, 0.1) is 5.82 Å². The van der Waals surface area contributed by atoms with E-state index in [0.29, 0.717) is 17.8 Å². The number of hydrogen-bond donors (Lipinski definition) is 1. The van der Waals surface area contributed by atoms with Crippen LogP contribution in [0.3, 0.4) is 0 Å². The molecule has 0 bridgehead atoms. The van der Waals surface area contributed by atoms with Gasteiger partial charge in [-0.25, -0.2) is 9.37 Å². The van der Waals surface area contributed by atoms with Crippen LogP contribution in [0.15, 0.2) is 97.1 Å². The van der Waals surface area contributed by atoms with Crippen LogP contribution in [0.5, 0.6) is 0 Å². The molecule has 5 rings (SSSR count). The molecule has 4 aromatic rings. The number of carbonyl (C=O) groups is 1. The van der Waals surface area contributed by atoms with E-state index in [1.165, 1.54) is 12.1 Å². The molecule has 5 nitrogen and oxygen atoms in total. The molecule has 3 heterocycles. The summed E-state index contributed by atoms with van der Waals surface area (Å²) >= 11 is 0. The normalized spacial score (nSPS) is 17.9. The number of nitrogens with one attached hydrogen (secondary N) is 1. The fraction of sp³-hybridized carbons (Fsp3) is 0.250. The summed E-state index contributed by atoms with van der Waals surface area (Å²) in [5, 5.41) is 3.36. The van der Waals surface area contributed by atoms with Gasteiger partial charge >= 0.3 is 0 Å². The summed E-state index contributed by atoms with van der Waals surface area (Å²) in [6.07, 6.45) is 6.30. The third kappa shape index (κ3) is 5.86. The van der Waals surface area contributed by atoms with Crippen LogP contribution in [0.2, 0.25) is 0 Å². The van der Waals surface area contributed by atoms with Gasteiger partial charge in [0, 0.05) is 37.0 Å². The van der Waals surface area contributed by atoms with Gasteiger partial charge in [-0.15, -0.1) is 0 Å². The van der Waals surface area contributed by atoms with E-state index >= 15 is 0 Å². The van der Waals surface area contributed by atoms with Gasteiger partial charge in [0.15, 0.2) is 0 Å². The predicted molar refractivity (Wildman–Crippen MR) is 155 cm³/mol. The molecule has 0 saturated carbocycles. The Bertz CT molecular complexity index is 1420. The van der Waals surface area contributed by atoms with Gasteiger partial charge in [0.2, 0.25) is 0 Å². The van der Waals surface area contributed by atoms with Crippen LogP contribution in [-0.4, -0.2) is 32.8 Å². The lowest BCUT2D eigenvalue weighted by molar-refractivity contribution is -0.135. The van der Waals surface area contributed by atoms with Crippen LogP contribution < -0.4 is 5.32 Å². The van der Waals surface area contributed by atoms with E-state index in [0.717, 1.165) is 28.0 Å². The third-order valence-corrected chi connectivity index (χ3v) is 6.22. The quantitative estimate of drug-likeness (QED) is 0.317. The van der Waals surface area contributed by atoms with E-state index in [4.69, 9.17) is 4.98 Å². The minimum absolute atomic E-state index is 0.0303. The summed E-state index contributed by atoms with van der Waals surface area (Å²) < 4.78 is 15.3. The van der Waals surface area contributed by atoms with E-state index in [2.05, 4.69) is 11.9 Å². The van der Waals surface area contributed by atoms with E-state index in [1.54, 1.807) is 24.1 Å². The average Bonchev–Trinajstić information content (AvgIpc) is 3.38. The van der Waals surface area contributed by atoms with Crippen molar-refractivity contribution in [2.75, 3.05) is 7.05 Å². The number of likely N-dealkylation sites (N-methyl/N-ethyl adjacent to an activating group) is 1. The molecular weight excluding hydrogens is 475 g/mol. The highest BCUT2D eigenvalue weighted by atomic mass is 19.1. The molecule has 2 aromatic heterocycles. The molecule has 1 saturated heterocycles. The van der Waals surface area contributed by atoms with Gasteiger partial charge in [-0.3, -0.25) is 4.79 Å². The van der Waals surface area contributed by atoms with Crippen molar-refractivity contribution in [2.45, 2.75) is 46.6 Å². The molecule has 6 heteroatoms. The van der Waals surface area contributed by atoms with Crippen LogP contribution in [0.25, 0.3) is 23.0 Å². The van der Waals surface area contributed by atoms with Crippen molar-refractivity contribution < 1.29 is 9.18 Å². The molecule has 1 aliphatic rings. The second-order valence-electron chi connectivity index (χ2n) is 8.82. The second kappa shape index (κ2) is 12.4. The third-order valence-electron chi connectivity index (χ3n) is 6.22. The Kier molecular flexibility index (Phi) is 9.24. The van der Waals surface area contributed by atoms with Gasteiger partial charge in [-0.05, 0) is 55.0 Å². The number of amides is 1. The van der Waals surface area contributed by atoms with E-state index < -0.39 is 5.54 Å². The summed E-state index contributed by atoms with van der Waals surface area (Å²) in [6.45, 7) is 14.1. The second-order valence-corrected chi connectivity index (χ2v) is 8.82. The lowest BCUT2D eigenvalue weighted by atomic mass is 9.88. The van der Waals surface area contributed by atoms with E-state index in [-0.39, 0.29) is 11.7 Å². The number of imidazole rings is 1. The molecule has 2 aromatic carbocycles. The van der Waals surface area contributed by atoms with Crippen molar-refractivity contribution in [1.29, 1.82) is 0 Å². The smallest absolute Gasteiger partial charge is 0.252 e. The highest BCUT2D eigenvalue weighted by Gasteiger charge is 2.41. The minimum atomic E-state index is -0.792. The summed E-state index contributed by atoms with van der Waals surface area (Å²) in [4.78, 5) is 19.8. The molecule has 198 valence electrons. The van der Waals surface area contributed by atoms with Crippen molar-refractivity contribution in [1.82, 2.24) is 19.6 Å². The first-order valence-corrected chi connectivity index (χ1v) is 13.1. The Morgan fingerprint density at radius 3 is 2.32 bits per heavy atom. The molecule has 1 aliphatic heterocycles. The van der Waals surface area contributed by atoms with Crippen molar-refractivity contribution in [3.63, 3.8) is 0 Å². The molecule has 1 amide bonds. The number of pyridine rings is 1. The lowest BCUT2D eigenvalue weighted by Crippen LogP contribution is -2.60. The number of piperazine rings is 1. The highest BCUT2D eigenvalue weighted by Crippen LogP contribution is 2.30. The summed E-state index contributed by atoms with van der Waals surface area (Å²) in [7, 11) is 1.78. The van der Waals surface area contributed by atoms with Gasteiger partial charge < -0.3 is 14.6 Å². The number of benzene rings is 2. The molecule has 1 N–H and O–H groups in total. The Hall–Kier alpha value is -4.19. The zero-order chi connectivity index (χ0) is 27.9. The fourth-order valence-electron chi connectivity index (χ4n) is 4.49. The number of fused-ring (bicyclic) bond motifs is 1. The number of hydrogen-bond acceptors (Lipinski definition) is 3. The molecule has 0 radical (unpaired) electrons. The van der Waals surface area contributed by atoms with Gasteiger partial charge in [0.25, 0.3) is 5.91 Å². The average molecular weight is 513 g/mol. The first kappa shape index (κ1) is 28.4. The molecule has 0 spiro atoms.